The molecule has 1 atom stereocenters. The van der Waals surface area contributed by atoms with Crippen molar-refractivity contribution in [2.45, 2.75) is 25.9 Å². The van der Waals surface area contributed by atoms with Gasteiger partial charge in [-0.15, -0.1) is 0 Å². The van der Waals surface area contributed by atoms with Crippen LogP contribution < -0.4 is 10.2 Å². The van der Waals surface area contributed by atoms with Crippen LogP contribution in [0.5, 0.6) is 0 Å². The Bertz CT molecular complexity index is 346. The topological polar surface area (TPSA) is 15.3 Å². The summed E-state index contributed by atoms with van der Waals surface area (Å²) in [6, 6.07) is 6.59. The lowest BCUT2D eigenvalue weighted by Gasteiger charge is -2.29. The Morgan fingerprint density at radius 3 is 3.31 bits per heavy atom. The molecule has 1 unspecified atom stereocenters. The van der Waals surface area contributed by atoms with Crippen LogP contribution in [0.4, 0.5) is 11.4 Å². The van der Waals surface area contributed by atoms with Crippen LogP contribution in [-0.2, 0) is 6.42 Å². The summed E-state index contributed by atoms with van der Waals surface area (Å²) in [7, 11) is 0. The van der Waals surface area contributed by atoms with Gasteiger partial charge in [0.05, 0.1) is 17.5 Å². The second-order valence-corrected chi connectivity index (χ2v) is 3.93. The molecule has 0 radical (unpaired) electrons. The summed E-state index contributed by atoms with van der Waals surface area (Å²) in [6.07, 6.45) is 3.02. The molecule has 1 aromatic rings. The number of hydrogen-bond donors (Lipinski definition) is 1. The van der Waals surface area contributed by atoms with Crippen molar-refractivity contribution in [2.24, 2.45) is 0 Å². The van der Waals surface area contributed by atoms with E-state index in [0.29, 0.717) is 6.17 Å². The van der Waals surface area contributed by atoms with Crippen LogP contribution in [0.2, 0.25) is 0 Å². The fourth-order valence-corrected chi connectivity index (χ4v) is 2.49. The number of hydrogen-bond acceptors (Lipinski definition) is 2. The first-order valence-corrected chi connectivity index (χ1v) is 5.01. The summed E-state index contributed by atoms with van der Waals surface area (Å²) in [6.45, 7) is 3.44. The second kappa shape index (κ2) is 2.41. The van der Waals surface area contributed by atoms with Gasteiger partial charge in [-0.3, -0.25) is 0 Å². The highest BCUT2D eigenvalue weighted by Crippen LogP contribution is 2.40. The summed E-state index contributed by atoms with van der Waals surface area (Å²) >= 11 is 0. The van der Waals surface area contributed by atoms with Gasteiger partial charge in [0.25, 0.3) is 0 Å². The van der Waals surface area contributed by atoms with Gasteiger partial charge < -0.3 is 10.2 Å². The molecular weight excluding hydrogens is 160 g/mol. The van der Waals surface area contributed by atoms with Gasteiger partial charge in [0.2, 0.25) is 0 Å². The Labute approximate surface area is 78.6 Å². The van der Waals surface area contributed by atoms with Crippen LogP contribution >= 0.6 is 0 Å². The van der Waals surface area contributed by atoms with Crippen molar-refractivity contribution in [1.82, 2.24) is 0 Å². The second-order valence-electron chi connectivity index (χ2n) is 3.93. The van der Waals surface area contributed by atoms with Gasteiger partial charge in [-0.2, -0.15) is 0 Å². The van der Waals surface area contributed by atoms with Crippen molar-refractivity contribution in [1.29, 1.82) is 0 Å². The third-order valence-corrected chi connectivity index (χ3v) is 3.08. The predicted molar refractivity (Wildman–Crippen MR) is 55.2 cm³/mol. The molecule has 68 valence electrons. The number of anilines is 2. The van der Waals surface area contributed by atoms with Gasteiger partial charge in [0.1, 0.15) is 0 Å². The summed E-state index contributed by atoms with van der Waals surface area (Å²) < 4.78 is 0. The fourth-order valence-electron chi connectivity index (χ4n) is 2.49. The fraction of sp³-hybridized carbons (Fsp3) is 0.455. The molecule has 0 saturated heterocycles. The average molecular weight is 174 g/mol. The molecule has 1 aromatic carbocycles. The highest BCUT2D eigenvalue weighted by Gasteiger charge is 2.29. The zero-order valence-electron chi connectivity index (χ0n) is 7.88. The molecule has 0 spiro atoms. The molecule has 2 nitrogen and oxygen atoms in total. The maximum Gasteiger partial charge on any atom is 0.0962 e. The molecule has 0 saturated carbocycles. The van der Waals surface area contributed by atoms with Crippen LogP contribution in [0.3, 0.4) is 0 Å². The van der Waals surface area contributed by atoms with Crippen LogP contribution in [0, 0.1) is 0 Å². The minimum Gasteiger partial charge on any atom is -0.364 e. The first-order valence-electron chi connectivity index (χ1n) is 5.01. The van der Waals surface area contributed by atoms with Crippen LogP contribution in [0.15, 0.2) is 18.2 Å². The highest BCUT2D eigenvalue weighted by atomic mass is 15.3. The van der Waals surface area contributed by atoms with E-state index in [1.807, 2.05) is 0 Å². The van der Waals surface area contributed by atoms with E-state index in [-0.39, 0.29) is 0 Å². The normalized spacial score (nSPS) is 24.1. The predicted octanol–water partition coefficient (Wildman–Crippen LogP) is 2.21. The number of nitrogens with zero attached hydrogens (tertiary/aromatic N) is 1. The lowest BCUT2D eigenvalue weighted by atomic mass is 10.0. The van der Waals surface area contributed by atoms with Crippen LogP contribution in [0.1, 0.15) is 18.9 Å². The van der Waals surface area contributed by atoms with Crippen LogP contribution in [-0.4, -0.2) is 12.7 Å². The molecule has 3 rings (SSSR count). The van der Waals surface area contributed by atoms with E-state index in [9.17, 15) is 0 Å². The summed E-state index contributed by atoms with van der Waals surface area (Å²) in [5.41, 5.74) is 4.30. The van der Waals surface area contributed by atoms with Crippen molar-refractivity contribution >= 4 is 11.4 Å². The van der Waals surface area contributed by atoms with Gasteiger partial charge in [-0.05, 0) is 31.4 Å². The summed E-state index contributed by atoms with van der Waals surface area (Å²) in [4.78, 5) is 2.48. The van der Waals surface area contributed by atoms with Crippen molar-refractivity contribution in [3.8, 4) is 0 Å². The summed E-state index contributed by atoms with van der Waals surface area (Å²) in [5.74, 6) is 0. The van der Waals surface area contributed by atoms with Crippen LogP contribution in [0.25, 0.3) is 0 Å². The standard InChI is InChI=1S/C11H14N2/c1-8-12-10-6-2-4-9-5-3-7-13(8)11(9)10/h2,4,6,8,12H,3,5,7H2,1H3. The third-order valence-electron chi connectivity index (χ3n) is 3.08. The Morgan fingerprint density at radius 1 is 1.46 bits per heavy atom. The number of aryl methyl sites for hydroxylation is 1. The Kier molecular flexibility index (Phi) is 1.34. The molecule has 2 aliphatic heterocycles. The molecule has 0 bridgehead atoms. The zero-order chi connectivity index (χ0) is 8.84. The molecule has 13 heavy (non-hydrogen) atoms. The molecule has 0 fully saturated rings. The number of rotatable bonds is 0. The summed E-state index contributed by atoms with van der Waals surface area (Å²) in [5, 5.41) is 3.51. The van der Waals surface area contributed by atoms with Gasteiger partial charge >= 0.3 is 0 Å². The molecule has 2 heteroatoms. The molecule has 2 heterocycles. The van der Waals surface area contributed by atoms with Gasteiger partial charge in [0, 0.05) is 6.54 Å². The zero-order valence-corrected chi connectivity index (χ0v) is 7.88. The smallest absolute Gasteiger partial charge is 0.0962 e. The monoisotopic (exact) mass is 174 g/mol. The number of para-hydroxylation sites is 1. The maximum atomic E-state index is 3.51. The highest BCUT2D eigenvalue weighted by molar-refractivity contribution is 5.79. The number of benzene rings is 1. The van der Waals surface area contributed by atoms with E-state index in [4.69, 9.17) is 0 Å². The third kappa shape index (κ3) is 0.886. The largest absolute Gasteiger partial charge is 0.364 e. The first kappa shape index (κ1) is 7.25. The van der Waals surface area contributed by atoms with E-state index >= 15 is 0 Å². The number of nitrogens with one attached hydrogen (secondary N) is 1. The van der Waals surface area contributed by atoms with E-state index in [1.165, 1.54) is 36.3 Å². The Morgan fingerprint density at radius 2 is 2.38 bits per heavy atom. The molecule has 0 aromatic heterocycles. The molecule has 0 amide bonds. The molecule has 2 aliphatic rings. The molecular formula is C11H14N2. The Hall–Kier alpha value is -1.18. The van der Waals surface area contributed by atoms with Crippen molar-refractivity contribution < 1.29 is 0 Å². The van der Waals surface area contributed by atoms with Gasteiger partial charge in [0.15, 0.2) is 0 Å². The lowest BCUT2D eigenvalue weighted by molar-refractivity contribution is 0.658. The van der Waals surface area contributed by atoms with Gasteiger partial charge in [-0.1, -0.05) is 12.1 Å². The van der Waals surface area contributed by atoms with E-state index < -0.39 is 0 Å². The van der Waals surface area contributed by atoms with Gasteiger partial charge in [-0.25, -0.2) is 0 Å². The average Bonchev–Trinajstić information content (AvgIpc) is 2.47. The van der Waals surface area contributed by atoms with E-state index in [2.05, 4.69) is 35.3 Å². The molecule has 0 aliphatic carbocycles. The SMILES string of the molecule is CC1Nc2cccc3c2N1CCC3. The lowest BCUT2D eigenvalue weighted by Crippen LogP contribution is -2.35. The first-order chi connectivity index (χ1) is 6.36. The van der Waals surface area contributed by atoms with Crippen molar-refractivity contribution in [3.63, 3.8) is 0 Å². The molecule has 1 N–H and O–H groups in total. The minimum atomic E-state index is 0.483. The minimum absolute atomic E-state index is 0.483. The van der Waals surface area contributed by atoms with E-state index in [0.717, 1.165) is 0 Å². The van der Waals surface area contributed by atoms with Crippen molar-refractivity contribution in [3.05, 3.63) is 23.8 Å². The van der Waals surface area contributed by atoms with Crippen molar-refractivity contribution in [2.75, 3.05) is 16.8 Å². The maximum absolute atomic E-state index is 3.51. The Balaban J connectivity index is 2.20. The quantitative estimate of drug-likeness (QED) is 0.648. The van der Waals surface area contributed by atoms with E-state index in [1.54, 1.807) is 0 Å².